The molecule has 0 unspecified atom stereocenters. The van der Waals surface area contributed by atoms with Crippen LogP contribution in [0.15, 0.2) is 47.1 Å². The predicted molar refractivity (Wildman–Crippen MR) is 71.0 cm³/mol. The van der Waals surface area contributed by atoms with Crippen LogP contribution in [0.25, 0.3) is 0 Å². The van der Waals surface area contributed by atoms with Gasteiger partial charge in [0, 0.05) is 0 Å². The fraction of sp³-hybridized carbons (Fsp3) is 0.143. The molecule has 20 heavy (non-hydrogen) atoms. The van der Waals surface area contributed by atoms with E-state index in [1.807, 2.05) is 19.1 Å². The molecule has 1 heterocycles. The van der Waals surface area contributed by atoms with Crippen LogP contribution in [0.1, 0.15) is 16.1 Å². The van der Waals surface area contributed by atoms with Crippen LogP contribution < -0.4 is 15.6 Å². The Labute approximate surface area is 115 Å². The van der Waals surface area contributed by atoms with Gasteiger partial charge in [0.15, 0.2) is 12.4 Å². The van der Waals surface area contributed by atoms with Crippen LogP contribution >= 0.6 is 0 Å². The highest BCUT2D eigenvalue weighted by atomic mass is 16.5. The second-order valence-corrected chi connectivity index (χ2v) is 4.08. The summed E-state index contributed by atoms with van der Waals surface area (Å²) in [7, 11) is 0. The molecule has 6 nitrogen and oxygen atoms in total. The summed E-state index contributed by atoms with van der Waals surface area (Å²) in [5, 5.41) is 0. The van der Waals surface area contributed by atoms with Crippen molar-refractivity contribution < 1.29 is 18.7 Å². The Kier molecular flexibility index (Phi) is 4.39. The van der Waals surface area contributed by atoms with Crippen LogP contribution in [0, 0.1) is 6.92 Å². The van der Waals surface area contributed by atoms with Crippen molar-refractivity contribution in [2.75, 3.05) is 6.61 Å². The first kappa shape index (κ1) is 13.7. The smallest absolute Gasteiger partial charge is 0.305 e. The molecular weight excluding hydrogens is 260 g/mol. The third-order valence-electron chi connectivity index (χ3n) is 2.45. The van der Waals surface area contributed by atoms with Gasteiger partial charge in [0.2, 0.25) is 0 Å². The molecule has 1 aromatic heterocycles. The number of rotatable bonds is 4. The van der Waals surface area contributed by atoms with E-state index < -0.39 is 11.8 Å². The molecular formula is C14H14N2O4. The summed E-state index contributed by atoms with van der Waals surface area (Å²) >= 11 is 0. The number of nitrogens with one attached hydrogen (secondary N) is 2. The van der Waals surface area contributed by atoms with Crippen LogP contribution in [0.3, 0.4) is 0 Å². The second-order valence-electron chi connectivity index (χ2n) is 4.08. The number of hydrogen-bond donors (Lipinski definition) is 2. The molecule has 0 aliphatic carbocycles. The van der Waals surface area contributed by atoms with Crippen LogP contribution in [-0.4, -0.2) is 18.4 Å². The Morgan fingerprint density at radius 2 is 1.90 bits per heavy atom. The molecule has 2 amide bonds. The highest BCUT2D eigenvalue weighted by Crippen LogP contribution is 2.10. The summed E-state index contributed by atoms with van der Waals surface area (Å²) in [6.07, 6.45) is 1.37. The summed E-state index contributed by atoms with van der Waals surface area (Å²) in [5.41, 5.74) is 5.55. The van der Waals surface area contributed by atoms with E-state index in [1.54, 1.807) is 18.2 Å². The number of carbonyl (C=O) groups is 2. The van der Waals surface area contributed by atoms with E-state index in [0.717, 1.165) is 5.56 Å². The van der Waals surface area contributed by atoms with E-state index >= 15 is 0 Å². The SMILES string of the molecule is Cc1ccc(OCC(=O)NNC(=O)c2ccco2)cc1. The lowest BCUT2D eigenvalue weighted by Crippen LogP contribution is -2.43. The zero-order chi connectivity index (χ0) is 14.4. The molecule has 104 valence electrons. The minimum absolute atomic E-state index is 0.116. The third kappa shape index (κ3) is 3.88. The van der Waals surface area contributed by atoms with Gasteiger partial charge >= 0.3 is 5.91 Å². The number of benzene rings is 1. The van der Waals surface area contributed by atoms with Crippen LogP contribution in [-0.2, 0) is 4.79 Å². The molecule has 2 rings (SSSR count). The minimum atomic E-state index is -0.529. The number of furan rings is 1. The molecule has 0 aliphatic rings. The lowest BCUT2D eigenvalue weighted by molar-refractivity contribution is -0.123. The Morgan fingerprint density at radius 3 is 2.55 bits per heavy atom. The Morgan fingerprint density at radius 1 is 1.15 bits per heavy atom. The van der Waals surface area contributed by atoms with E-state index in [9.17, 15) is 9.59 Å². The molecule has 1 aromatic carbocycles. The zero-order valence-electron chi connectivity index (χ0n) is 10.9. The molecule has 0 radical (unpaired) electrons. The maximum atomic E-state index is 11.5. The van der Waals surface area contributed by atoms with Gasteiger partial charge in [-0.3, -0.25) is 20.4 Å². The van der Waals surface area contributed by atoms with Crippen molar-refractivity contribution >= 4 is 11.8 Å². The van der Waals surface area contributed by atoms with Gasteiger partial charge in [0.1, 0.15) is 5.75 Å². The maximum absolute atomic E-state index is 11.5. The number of carbonyl (C=O) groups excluding carboxylic acids is 2. The van der Waals surface area contributed by atoms with Gasteiger partial charge in [-0.2, -0.15) is 0 Å². The average molecular weight is 274 g/mol. The molecule has 2 N–H and O–H groups in total. The maximum Gasteiger partial charge on any atom is 0.305 e. The van der Waals surface area contributed by atoms with Gasteiger partial charge < -0.3 is 9.15 Å². The summed E-state index contributed by atoms with van der Waals surface area (Å²) < 4.78 is 10.1. The largest absolute Gasteiger partial charge is 0.484 e. The number of ether oxygens (including phenoxy) is 1. The second kappa shape index (κ2) is 6.42. The van der Waals surface area contributed by atoms with Crippen molar-refractivity contribution in [1.82, 2.24) is 10.9 Å². The van der Waals surface area contributed by atoms with E-state index in [0.29, 0.717) is 5.75 Å². The van der Waals surface area contributed by atoms with E-state index in [1.165, 1.54) is 12.3 Å². The third-order valence-corrected chi connectivity index (χ3v) is 2.45. The monoisotopic (exact) mass is 274 g/mol. The van der Waals surface area contributed by atoms with Crippen molar-refractivity contribution in [3.05, 3.63) is 54.0 Å². The van der Waals surface area contributed by atoms with Crippen LogP contribution in [0.4, 0.5) is 0 Å². The molecule has 0 atom stereocenters. The molecule has 0 aliphatic heterocycles. The fourth-order valence-corrected chi connectivity index (χ4v) is 1.42. The molecule has 6 heteroatoms. The van der Waals surface area contributed by atoms with Crippen molar-refractivity contribution in [3.63, 3.8) is 0 Å². The molecule has 0 saturated carbocycles. The van der Waals surface area contributed by atoms with Gasteiger partial charge in [-0.05, 0) is 31.2 Å². The highest BCUT2D eigenvalue weighted by molar-refractivity contribution is 5.92. The molecule has 0 saturated heterocycles. The molecule has 0 fully saturated rings. The van der Waals surface area contributed by atoms with Crippen molar-refractivity contribution in [1.29, 1.82) is 0 Å². The molecule has 0 spiro atoms. The molecule has 2 aromatic rings. The normalized spacial score (nSPS) is 9.85. The quantitative estimate of drug-likeness (QED) is 0.826. The van der Waals surface area contributed by atoms with Crippen LogP contribution in [0.5, 0.6) is 5.75 Å². The summed E-state index contributed by atoms with van der Waals surface area (Å²) in [5.74, 6) is -0.294. The van der Waals surface area contributed by atoms with Crippen molar-refractivity contribution in [2.45, 2.75) is 6.92 Å². The standard InChI is InChI=1S/C14H14N2O4/c1-10-4-6-11(7-5-10)20-9-13(17)15-16-14(18)12-3-2-8-19-12/h2-8H,9H2,1H3,(H,15,17)(H,16,18). The lowest BCUT2D eigenvalue weighted by atomic mass is 10.2. The number of aryl methyl sites for hydroxylation is 1. The van der Waals surface area contributed by atoms with Crippen molar-refractivity contribution in [3.8, 4) is 5.75 Å². The first-order valence-corrected chi connectivity index (χ1v) is 5.97. The van der Waals surface area contributed by atoms with Gasteiger partial charge in [-0.15, -0.1) is 0 Å². The summed E-state index contributed by atoms with van der Waals surface area (Å²) in [6.45, 7) is 1.77. The Balaban J connectivity index is 1.73. The number of amides is 2. The fourth-order valence-electron chi connectivity index (χ4n) is 1.42. The van der Waals surface area contributed by atoms with Gasteiger partial charge in [0.25, 0.3) is 5.91 Å². The van der Waals surface area contributed by atoms with Gasteiger partial charge in [0.05, 0.1) is 6.26 Å². The van der Waals surface area contributed by atoms with E-state index in [2.05, 4.69) is 10.9 Å². The summed E-state index contributed by atoms with van der Waals surface area (Å²) in [4.78, 5) is 22.9. The van der Waals surface area contributed by atoms with E-state index in [4.69, 9.17) is 9.15 Å². The summed E-state index contributed by atoms with van der Waals surface area (Å²) in [6, 6.07) is 10.4. The highest BCUT2D eigenvalue weighted by Gasteiger charge is 2.09. The first-order chi connectivity index (χ1) is 9.65. The van der Waals surface area contributed by atoms with Crippen molar-refractivity contribution in [2.24, 2.45) is 0 Å². The average Bonchev–Trinajstić information content (AvgIpc) is 2.98. The molecule has 0 bridgehead atoms. The Hall–Kier alpha value is -2.76. The predicted octanol–water partition coefficient (Wildman–Crippen LogP) is 1.43. The zero-order valence-corrected chi connectivity index (χ0v) is 10.9. The number of hydrazine groups is 1. The van der Waals surface area contributed by atoms with Crippen LogP contribution in [0.2, 0.25) is 0 Å². The minimum Gasteiger partial charge on any atom is -0.484 e. The van der Waals surface area contributed by atoms with E-state index in [-0.39, 0.29) is 12.4 Å². The lowest BCUT2D eigenvalue weighted by Gasteiger charge is -2.08. The van der Waals surface area contributed by atoms with Gasteiger partial charge in [-0.25, -0.2) is 0 Å². The first-order valence-electron chi connectivity index (χ1n) is 5.97. The van der Waals surface area contributed by atoms with Gasteiger partial charge in [-0.1, -0.05) is 17.7 Å². The topological polar surface area (TPSA) is 80.6 Å². The Bertz CT molecular complexity index is 576. The number of hydrogen-bond acceptors (Lipinski definition) is 4.